The van der Waals surface area contributed by atoms with E-state index in [1.807, 2.05) is 0 Å². The van der Waals surface area contributed by atoms with E-state index in [-0.39, 0.29) is 13.2 Å². The Morgan fingerprint density at radius 2 is 2.11 bits per heavy atom. The predicted molar refractivity (Wildman–Crippen MR) is 63.8 cm³/mol. The van der Waals surface area contributed by atoms with Gasteiger partial charge in [-0.2, -0.15) is 0 Å². The summed E-state index contributed by atoms with van der Waals surface area (Å²) in [5, 5.41) is 10.6. The number of rotatable bonds is 2. The van der Waals surface area contributed by atoms with Crippen molar-refractivity contribution >= 4 is 6.09 Å². The number of nitro groups is 1. The van der Waals surface area contributed by atoms with Crippen molar-refractivity contribution in [1.29, 1.82) is 0 Å². The van der Waals surface area contributed by atoms with E-state index in [2.05, 4.69) is 0 Å². The second-order valence-electron chi connectivity index (χ2n) is 5.78. The smallest absolute Gasteiger partial charge is 0.413 e. The molecule has 7 heteroatoms. The molecule has 7 nitrogen and oxygen atoms in total. The van der Waals surface area contributed by atoms with Gasteiger partial charge in [0.2, 0.25) is 6.54 Å². The number of nitrogens with zero attached hydrogens (tertiary/aromatic N) is 2. The van der Waals surface area contributed by atoms with Crippen LogP contribution < -0.4 is 0 Å². The highest BCUT2D eigenvalue weighted by atomic mass is 16.6. The lowest BCUT2D eigenvalue weighted by Crippen LogP contribution is -2.51. The summed E-state index contributed by atoms with van der Waals surface area (Å²) in [5.74, 6) is 0. The summed E-state index contributed by atoms with van der Waals surface area (Å²) in [6.45, 7) is 8.43. The van der Waals surface area contributed by atoms with Gasteiger partial charge in [0.15, 0.2) is 0 Å². The summed E-state index contributed by atoms with van der Waals surface area (Å²) in [4.78, 5) is 23.5. The molecule has 0 bridgehead atoms. The summed E-state index contributed by atoms with van der Waals surface area (Å²) < 4.78 is 10.7. The molecule has 1 amide bonds. The van der Waals surface area contributed by atoms with Gasteiger partial charge in [0.05, 0.1) is 6.61 Å². The molecule has 1 rings (SSSR count). The van der Waals surface area contributed by atoms with Gasteiger partial charge in [-0.3, -0.25) is 15.0 Å². The Kier molecular flexibility index (Phi) is 3.85. The molecule has 0 radical (unpaired) electrons. The highest BCUT2D eigenvalue weighted by Crippen LogP contribution is 2.29. The molecule has 0 aromatic heterocycles. The van der Waals surface area contributed by atoms with Crippen molar-refractivity contribution in [2.24, 2.45) is 0 Å². The van der Waals surface area contributed by atoms with Gasteiger partial charge in [-0.25, -0.2) is 4.79 Å². The first-order valence-corrected chi connectivity index (χ1v) is 5.81. The van der Waals surface area contributed by atoms with E-state index in [0.717, 1.165) is 0 Å². The van der Waals surface area contributed by atoms with Gasteiger partial charge >= 0.3 is 6.09 Å². The predicted octanol–water partition coefficient (Wildman–Crippen LogP) is 1.64. The van der Waals surface area contributed by atoms with Gasteiger partial charge < -0.3 is 9.47 Å². The third kappa shape index (κ3) is 3.56. The molecule has 1 atom stereocenters. The maximum atomic E-state index is 12.1. The highest BCUT2D eigenvalue weighted by Gasteiger charge is 2.47. The third-order valence-corrected chi connectivity index (χ3v) is 2.52. The van der Waals surface area contributed by atoms with Crippen LogP contribution in [0, 0.1) is 10.1 Å². The molecule has 1 fully saturated rings. The fourth-order valence-corrected chi connectivity index (χ4v) is 1.87. The number of ether oxygens (including phenoxy) is 2. The van der Waals surface area contributed by atoms with Crippen LogP contribution in [-0.4, -0.2) is 46.4 Å². The van der Waals surface area contributed by atoms with E-state index in [9.17, 15) is 14.9 Å². The molecule has 1 heterocycles. The minimum Gasteiger partial charge on any atom is -0.444 e. The van der Waals surface area contributed by atoms with Crippen molar-refractivity contribution in [2.45, 2.75) is 52.0 Å². The van der Waals surface area contributed by atoms with Crippen molar-refractivity contribution in [3.8, 4) is 0 Å². The quantitative estimate of drug-likeness (QED) is 0.556. The summed E-state index contributed by atoms with van der Waals surface area (Å²) in [6, 6.07) is -0.593. The largest absolute Gasteiger partial charge is 0.444 e. The normalized spacial score (nSPS) is 22.9. The molecule has 1 unspecified atom stereocenters. The van der Waals surface area contributed by atoms with Crippen molar-refractivity contribution in [3.05, 3.63) is 10.1 Å². The fourth-order valence-electron chi connectivity index (χ4n) is 1.87. The molecular formula is C11H20N2O5. The molecule has 104 valence electrons. The molecule has 1 aliphatic rings. The maximum absolute atomic E-state index is 12.1. The van der Waals surface area contributed by atoms with E-state index in [4.69, 9.17) is 9.47 Å². The second-order valence-corrected chi connectivity index (χ2v) is 5.78. The topological polar surface area (TPSA) is 81.9 Å². The van der Waals surface area contributed by atoms with Crippen LogP contribution in [0.4, 0.5) is 4.79 Å². The van der Waals surface area contributed by atoms with Crippen LogP contribution in [0.2, 0.25) is 0 Å². The van der Waals surface area contributed by atoms with Crippen LogP contribution in [0.25, 0.3) is 0 Å². The standard InChI is InChI=1S/C11H20N2O5/c1-10(2,3)18-9(14)13-8(6-12(15)16)7-17-11(13,4)5/h8H,6-7H2,1-5H3. The first kappa shape index (κ1) is 14.7. The maximum Gasteiger partial charge on any atom is 0.413 e. The molecule has 0 aromatic carbocycles. The fraction of sp³-hybridized carbons (Fsp3) is 0.909. The minimum atomic E-state index is -0.886. The second kappa shape index (κ2) is 4.72. The van der Waals surface area contributed by atoms with Crippen molar-refractivity contribution in [3.63, 3.8) is 0 Å². The monoisotopic (exact) mass is 260 g/mol. The van der Waals surface area contributed by atoms with Crippen molar-refractivity contribution in [2.75, 3.05) is 13.2 Å². The zero-order valence-corrected chi connectivity index (χ0v) is 11.4. The lowest BCUT2D eigenvalue weighted by atomic mass is 10.2. The Morgan fingerprint density at radius 1 is 1.56 bits per heavy atom. The van der Waals surface area contributed by atoms with Crippen LogP contribution in [0.15, 0.2) is 0 Å². The van der Waals surface area contributed by atoms with Crippen LogP contribution in [0.1, 0.15) is 34.6 Å². The van der Waals surface area contributed by atoms with Gasteiger partial charge in [-0.1, -0.05) is 0 Å². The van der Waals surface area contributed by atoms with Gasteiger partial charge in [0.1, 0.15) is 17.4 Å². The number of amides is 1. The van der Waals surface area contributed by atoms with Crippen LogP contribution in [-0.2, 0) is 9.47 Å². The molecule has 18 heavy (non-hydrogen) atoms. The first-order chi connectivity index (χ1) is 8.03. The van der Waals surface area contributed by atoms with Gasteiger partial charge in [-0.15, -0.1) is 0 Å². The minimum absolute atomic E-state index is 0.146. The van der Waals surface area contributed by atoms with Gasteiger partial charge in [0.25, 0.3) is 0 Å². The molecule has 1 saturated heterocycles. The molecule has 0 aromatic rings. The Morgan fingerprint density at radius 3 is 2.56 bits per heavy atom. The average Bonchev–Trinajstić information content (AvgIpc) is 2.36. The molecule has 1 aliphatic heterocycles. The summed E-state index contributed by atoms with van der Waals surface area (Å²) in [6.07, 6.45) is -0.586. The number of hydrogen-bond acceptors (Lipinski definition) is 5. The zero-order valence-electron chi connectivity index (χ0n) is 11.4. The van der Waals surface area contributed by atoms with Crippen molar-refractivity contribution < 1.29 is 19.2 Å². The van der Waals surface area contributed by atoms with Crippen LogP contribution in [0.3, 0.4) is 0 Å². The molecule has 0 aliphatic carbocycles. The van der Waals surface area contributed by atoms with E-state index < -0.39 is 28.4 Å². The van der Waals surface area contributed by atoms with E-state index in [1.165, 1.54) is 4.90 Å². The molecule has 0 N–H and O–H groups in total. The van der Waals surface area contributed by atoms with E-state index in [1.54, 1.807) is 34.6 Å². The van der Waals surface area contributed by atoms with E-state index in [0.29, 0.717) is 0 Å². The SMILES string of the molecule is CC(C)(C)OC(=O)N1C(C[N+](=O)[O-])COC1(C)C. The average molecular weight is 260 g/mol. The lowest BCUT2D eigenvalue weighted by Gasteiger charge is -2.33. The Balaban J connectivity index is 2.85. The van der Waals surface area contributed by atoms with Crippen molar-refractivity contribution in [1.82, 2.24) is 4.90 Å². The number of carbonyl (C=O) groups excluding carboxylic acids is 1. The zero-order chi connectivity index (χ0) is 14.1. The lowest BCUT2D eigenvalue weighted by molar-refractivity contribution is -0.485. The Bertz CT molecular complexity index is 348. The number of hydrogen-bond donors (Lipinski definition) is 0. The van der Waals surface area contributed by atoms with Crippen LogP contribution in [0.5, 0.6) is 0 Å². The Hall–Kier alpha value is -1.37. The molecular weight excluding hydrogens is 240 g/mol. The summed E-state index contributed by atoms with van der Waals surface area (Å²) in [7, 11) is 0. The third-order valence-electron chi connectivity index (χ3n) is 2.52. The highest BCUT2D eigenvalue weighted by molar-refractivity contribution is 5.69. The van der Waals surface area contributed by atoms with Gasteiger partial charge in [0, 0.05) is 4.92 Å². The molecule has 0 saturated carbocycles. The molecule has 0 spiro atoms. The number of carbonyl (C=O) groups is 1. The first-order valence-electron chi connectivity index (χ1n) is 5.81. The van der Waals surface area contributed by atoms with Crippen LogP contribution >= 0.6 is 0 Å². The Labute approximate surface area is 106 Å². The summed E-state index contributed by atoms with van der Waals surface area (Å²) in [5.41, 5.74) is -1.53. The van der Waals surface area contributed by atoms with Gasteiger partial charge in [-0.05, 0) is 34.6 Å². The van der Waals surface area contributed by atoms with E-state index >= 15 is 0 Å². The summed E-state index contributed by atoms with van der Waals surface area (Å²) >= 11 is 0.